The van der Waals surface area contributed by atoms with E-state index < -0.39 is 6.09 Å². The number of benzene rings is 1. The van der Waals surface area contributed by atoms with Gasteiger partial charge in [-0.25, -0.2) is 15.2 Å². The number of aliphatic imine (C=N–C) groups is 1. The normalized spacial score (nSPS) is 27.1. The highest BCUT2D eigenvalue weighted by Crippen LogP contribution is 2.54. The Labute approximate surface area is 185 Å². The first kappa shape index (κ1) is 21.1. The van der Waals surface area contributed by atoms with Crippen molar-refractivity contribution in [1.29, 1.82) is 0 Å². The van der Waals surface area contributed by atoms with Gasteiger partial charge in [-0.3, -0.25) is 9.79 Å². The van der Waals surface area contributed by atoms with Crippen molar-refractivity contribution < 1.29 is 14.3 Å². The predicted molar refractivity (Wildman–Crippen MR) is 120 cm³/mol. The number of hydrogen-bond donors (Lipinski definition) is 1. The van der Waals surface area contributed by atoms with Crippen molar-refractivity contribution >= 4 is 39.2 Å². The molecule has 2 bridgehead atoms. The SMILES string of the molecule is COC(=O)NN(C(=O)[C@H]1C2CCC(C2)C1C1=NC=C(c2ccc(Br)cc2)C1)C(C)C. The zero-order chi connectivity index (χ0) is 21.4. The van der Waals surface area contributed by atoms with Gasteiger partial charge in [0.25, 0.3) is 0 Å². The number of allylic oxidation sites excluding steroid dienone is 1. The monoisotopic (exact) mass is 473 g/mol. The largest absolute Gasteiger partial charge is 0.452 e. The lowest BCUT2D eigenvalue weighted by atomic mass is 9.74. The lowest BCUT2D eigenvalue weighted by molar-refractivity contribution is -0.143. The fourth-order valence-electron chi connectivity index (χ4n) is 5.36. The first-order chi connectivity index (χ1) is 14.4. The molecular formula is C23H28BrN3O3. The van der Waals surface area contributed by atoms with Crippen LogP contribution in [-0.4, -0.2) is 35.9 Å². The number of hydrogen-bond acceptors (Lipinski definition) is 4. The van der Waals surface area contributed by atoms with Gasteiger partial charge in [0, 0.05) is 34.8 Å². The van der Waals surface area contributed by atoms with Gasteiger partial charge < -0.3 is 4.74 Å². The summed E-state index contributed by atoms with van der Waals surface area (Å²) >= 11 is 3.48. The second-order valence-electron chi connectivity index (χ2n) is 8.75. The summed E-state index contributed by atoms with van der Waals surface area (Å²) in [6.07, 6.45) is 5.41. The molecular weight excluding hydrogens is 446 g/mol. The summed E-state index contributed by atoms with van der Waals surface area (Å²) in [5.41, 5.74) is 6.09. The fraction of sp³-hybridized carbons (Fsp3) is 0.522. The molecule has 1 heterocycles. The van der Waals surface area contributed by atoms with Crippen LogP contribution in [0, 0.1) is 23.7 Å². The third kappa shape index (κ3) is 3.92. The van der Waals surface area contributed by atoms with Gasteiger partial charge in [-0.15, -0.1) is 0 Å². The topological polar surface area (TPSA) is 71.0 Å². The molecule has 1 N–H and O–H groups in total. The van der Waals surface area contributed by atoms with Crippen molar-refractivity contribution in [2.45, 2.75) is 45.6 Å². The smallest absolute Gasteiger partial charge is 0.425 e. The van der Waals surface area contributed by atoms with Crippen LogP contribution in [0.3, 0.4) is 0 Å². The highest BCUT2D eigenvalue weighted by Gasteiger charge is 2.54. The molecule has 3 aliphatic rings. The maximum atomic E-state index is 13.6. The number of fused-ring (bicyclic) bond motifs is 2. The van der Waals surface area contributed by atoms with E-state index >= 15 is 0 Å². The maximum Gasteiger partial charge on any atom is 0.425 e. The molecule has 30 heavy (non-hydrogen) atoms. The summed E-state index contributed by atoms with van der Waals surface area (Å²) in [6, 6.07) is 8.11. The van der Waals surface area contributed by atoms with E-state index in [1.54, 1.807) is 0 Å². The molecule has 160 valence electrons. The molecule has 2 aliphatic carbocycles. The fourth-order valence-corrected chi connectivity index (χ4v) is 5.63. The Kier molecular flexibility index (Phi) is 6.00. The summed E-state index contributed by atoms with van der Waals surface area (Å²) in [6.45, 7) is 3.80. The lowest BCUT2D eigenvalue weighted by Crippen LogP contribution is -2.54. The van der Waals surface area contributed by atoms with E-state index in [9.17, 15) is 9.59 Å². The quantitative estimate of drug-likeness (QED) is 0.637. The predicted octanol–water partition coefficient (Wildman–Crippen LogP) is 4.81. The molecule has 2 saturated carbocycles. The highest BCUT2D eigenvalue weighted by molar-refractivity contribution is 9.10. The van der Waals surface area contributed by atoms with E-state index in [0.29, 0.717) is 11.8 Å². The Hall–Kier alpha value is -2.15. The van der Waals surface area contributed by atoms with Crippen molar-refractivity contribution in [2.24, 2.45) is 28.7 Å². The molecule has 3 unspecified atom stereocenters. The van der Waals surface area contributed by atoms with Gasteiger partial charge in [0.2, 0.25) is 5.91 Å². The van der Waals surface area contributed by atoms with E-state index in [1.807, 2.05) is 32.2 Å². The zero-order valence-corrected chi connectivity index (χ0v) is 19.2. The molecule has 2 fully saturated rings. The van der Waals surface area contributed by atoms with E-state index in [0.717, 1.165) is 35.9 Å². The highest BCUT2D eigenvalue weighted by atomic mass is 79.9. The summed E-state index contributed by atoms with van der Waals surface area (Å²) in [4.78, 5) is 30.2. The summed E-state index contributed by atoms with van der Waals surface area (Å²) in [5, 5.41) is 1.45. The van der Waals surface area contributed by atoms with Crippen LogP contribution in [-0.2, 0) is 9.53 Å². The number of carbonyl (C=O) groups is 2. The number of halogens is 1. The third-order valence-electron chi connectivity index (χ3n) is 6.71. The molecule has 1 aliphatic heterocycles. The number of rotatable bonds is 4. The standard InChI is InChI=1S/C23H28BrN3O3/c1-13(2)27(26-23(29)30-3)22(28)21-16-5-4-15(10-16)20(21)19-11-17(12-25-19)14-6-8-18(24)9-7-14/h6-9,12-13,15-16,20-21H,4-5,10-11H2,1-3H3,(H,26,29)/t15?,16?,20?,21-/m0/s1. The van der Waals surface area contributed by atoms with E-state index in [4.69, 9.17) is 9.73 Å². The molecule has 0 saturated heterocycles. The average molecular weight is 474 g/mol. The number of amides is 2. The van der Waals surface area contributed by atoms with Crippen molar-refractivity contribution in [3.05, 3.63) is 40.5 Å². The van der Waals surface area contributed by atoms with Gasteiger partial charge >= 0.3 is 6.09 Å². The van der Waals surface area contributed by atoms with Crippen molar-refractivity contribution in [3.8, 4) is 0 Å². The van der Waals surface area contributed by atoms with Gasteiger partial charge in [0.15, 0.2) is 0 Å². The third-order valence-corrected chi connectivity index (χ3v) is 7.24. The van der Waals surface area contributed by atoms with Crippen LogP contribution in [0.2, 0.25) is 0 Å². The van der Waals surface area contributed by atoms with Gasteiger partial charge in [-0.1, -0.05) is 28.1 Å². The second-order valence-corrected chi connectivity index (χ2v) is 9.66. The molecule has 4 rings (SSSR count). The van der Waals surface area contributed by atoms with Gasteiger partial charge in [0.05, 0.1) is 13.0 Å². The Morgan fingerprint density at radius 2 is 1.90 bits per heavy atom. The van der Waals surface area contributed by atoms with Crippen LogP contribution in [0.5, 0.6) is 0 Å². The molecule has 1 aromatic carbocycles. The number of nitrogens with one attached hydrogen (secondary N) is 1. The minimum atomic E-state index is -0.617. The molecule has 6 nitrogen and oxygen atoms in total. The van der Waals surface area contributed by atoms with Crippen LogP contribution >= 0.6 is 15.9 Å². The van der Waals surface area contributed by atoms with Crippen LogP contribution in [0.1, 0.15) is 45.1 Å². The van der Waals surface area contributed by atoms with Crippen LogP contribution in [0.15, 0.2) is 39.9 Å². The minimum absolute atomic E-state index is 0.0209. The maximum absolute atomic E-state index is 13.6. The molecule has 0 aromatic heterocycles. The Morgan fingerprint density at radius 3 is 2.57 bits per heavy atom. The molecule has 0 spiro atoms. The first-order valence-electron chi connectivity index (χ1n) is 10.6. The van der Waals surface area contributed by atoms with Gasteiger partial charge in [-0.2, -0.15) is 0 Å². The summed E-state index contributed by atoms with van der Waals surface area (Å²) < 4.78 is 5.78. The summed E-state index contributed by atoms with van der Waals surface area (Å²) in [7, 11) is 1.31. The second kappa shape index (κ2) is 8.53. The van der Waals surface area contributed by atoms with Crippen LogP contribution in [0.4, 0.5) is 4.79 Å². The van der Waals surface area contributed by atoms with Gasteiger partial charge in [-0.05, 0) is 68.2 Å². The summed E-state index contributed by atoms with van der Waals surface area (Å²) in [5.74, 6) is 0.827. The minimum Gasteiger partial charge on any atom is -0.452 e. The number of methoxy groups -OCH3 is 1. The number of hydrazine groups is 1. The Bertz CT molecular complexity index is 893. The molecule has 7 heteroatoms. The van der Waals surface area contributed by atoms with Gasteiger partial charge in [0.1, 0.15) is 0 Å². The van der Waals surface area contributed by atoms with E-state index in [2.05, 4.69) is 33.5 Å². The Morgan fingerprint density at radius 1 is 1.20 bits per heavy atom. The molecule has 0 radical (unpaired) electrons. The number of nitrogens with zero attached hydrogens (tertiary/aromatic N) is 2. The average Bonchev–Trinajstić information content (AvgIpc) is 3.47. The first-order valence-corrected chi connectivity index (χ1v) is 11.4. The van der Waals surface area contributed by atoms with E-state index in [1.165, 1.54) is 23.3 Å². The van der Waals surface area contributed by atoms with E-state index in [-0.39, 0.29) is 23.8 Å². The number of ether oxygens (including phenoxy) is 1. The van der Waals surface area contributed by atoms with Crippen molar-refractivity contribution in [2.75, 3.05) is 7.11 Å². The number of carbonyl (C=O) groups excluding carboxylic acids is 2. The molecule has 1 aromatic rings. The van der Waals surface area contributed by atoms with Crippen molar-refractivity contribution in [1.82, 2.24) is 10.4 Å². The molecule has 4 atom stereocenters. The van der Waals surface area contributed by atoms with Crippen molar-refractivity contribution in [3.63, 3.8) is 0 Å². The lowest BCUT2D eigenvalue weighted by Gasteiger charge is -2.36. The Balaban J connectivity index is 1.53. The molecule has 2 amide bonds. The zero-order valence-electron chi connectivity index (χ0n) is 17.6. The van der Waals surface area contributed by atoms with Crippen LogP contribution < -0.4 is 5.43 Å². The van der Waals surface area contributed by atoms with Crippen LogP contribution in [0.25, 0.3) is 5.57 Å².